The topological polar surface area (TPSA) is 81.1 Å². The molecule has 0 amide bonds. The average Bonchev–Trinajstić information content (AvgIpc) is 2.56. The zero-order valence-corrected chi connectivity index (χ0v) is 9.39. The van der Waals surface area contributed by atoms with Crippen LogP contribution in [0.25, 0.3) is 0 Å². The van der Waals surface area contributed by atoms with Gasteiger partial charge in [0, 0.05) is 25.7 Å². The Hall–Kier alpha value is -1.36. The number of hydrogen-bond acceptors (Lipinski definition) is 3. The van der Waals surface area contributed by atoms with Crippen LogP contribution in [-0.4, -0.2) is 27.4 Å². The standard InChI is InChI=1S/C11H17N3O2/c1-14-6-3-9(13-14)8(7-12)11(10(15)16)4-2-5-11/h3,6,8H,2,4-5,7,12H2,1H3,(H,15,16). The van der Waals surface area contributed by atoms with Crippen molar-refractivity contribution in [3.63, 3.8) is 0 Å². The van der Waals surface area contributed by atoms with Gasteiger partial charge in [0.05, 0.1) is 11.1 Å². The van der Waals surface area contributed by atoms with E-state index < -0.39 is 11.4 Å². The highest BCUT2D eigenvalue weighted by molar-refractivity contribution is 5.77. The Labute approximate surface area is 94.2 Å². The molecule has 3 N–H and O–H groups in total. The maximum atomic E-state index is 11.4. The van der Waals surface area contributed by atoms with Gasteiger partial charge < -0.3 is 10.8 Å². The predicted molar refractivity (Wildman–Crippen MR) is 58.9 cm³/mol. The number of nitrogens with two attached hydrogens (primary N) is 1. The number of aromatic nitrogens is 2. The van der Waals surface area contributed by atoms with Gasteiger partial charge in [0.25, 0.3) is 0 Å². The molecule has 0 spiro atoms. The maximum absolute atomic E-state index is 11.4. The third kappa shape index (κ3) is 1.51. The quantitative estimate of drug-likeness (QED) is 0.788. The molecule has 16 heavy (non-hydrogen) atoms. The fourth-order valence-electron chi connectivity index (χ4n) is 2.52. The van der Waals surface area contributed by atoms with Gasteiger partial charge >= 0.3 is 5.97 Å². The Morgan fingerprint density at radius 2 is 2.44 bits per heavy atom. The van der Waals surface area contributed by atoms with Crippen molar-refractivity contribution < 1.29 is 9.90 Å². The van der Waals surface area contributed by atoms with E-state index in [2.05, 4.69) is 5.10 Å². The summed E-state index contributed by atoms with van der Waals surface area (Å²) in [5.41, 5.74) is 5.86. The fraction of sp³-hybridized carbons (Fsp3) is 0.636. The summed E-state index contributed by atoms with van der Waals surface area (Å²) in [5, 5.41) is 13.6. The predicted octanol–water partition coefficient (Wildman–Crippen LogP) is 0.717. The minimum atomic E-state index is -0.736. The monoisotopic (exact) mass is 223 g/mol. The van der Waals surface area contributed by atoms with Crippen LogP contribution < -0.4 is 5.73 Å². The molecule has 1 saturated carbocycles. The van der Waals surface area contributed by atoms with E-state index >= 15 is 0 Å². The molecule has 88 valence electrons. The molecular weight excluding hydrogens is 206 g/mol. The average molecular weight is 223 g/mol. The van der Waals surface area contributed by atoms with Gasteiger partial charge in [0.1, 0.15) is 0 Å². The zero-order chi connectivity index (χ0) is 11.8. The second kappa shape index (κ2) is 3.90. The lowest BCUT2D eigenvalue weighted by molar-refractivity contribution is -0.156. The summed E-state index contributed by atoms with van der Waals surface area (Å²) in [5.74, 6) is -0.903. The number of nitrogens with zero attached hydrogens (tertiary/aromatic N) is 2. The molecule has 1 aliphatic rings. The van der Waals surface area contributed by atoms with E-state index in [-0.39, 0.29) is 5.92 Å². The number of aryl methyl sites for hydroxylation is 1. The third-order valence-electron chi connectivity index (χ3n) is 3.67. The molecule has 0 radical (unpaired) electrons. The Morgan fingerprint density at radius 3 is 2.75 bits per heavy atom. The highest BCUT2D eigenvalue weighted by Gasteiger charge is 2.51. The van der Waals surface area contributed by atoms with E-state index in [1.807, 2.05) is 19.3 Å². The Balaban J connectivity index is 2.31. The molecule has 1 aromatic heterocycles. The summed E-state index contributed by atoms with van der Waals surface area (Å²) in [6.45, 7) is 0.337. The maximum Gasteiger partial charge on any atom is 0.310 e. The van der Waals surface area contributed by atoms with Gasteiger partial charge in [-0.2, -0.15) is 5.10 Å². The van der Waals surface area contributed by atoms with Crippen molar-refractivity contribution in [2.24, 2.45) is 18.2 Å². The van der Waals surface area contributed by atoms with Crippen LogP contribution in [0.2, 0.25) is 0 Å². The summed E-state index contributed by atoms with van der Waals surface area (Å²) in [6, 6.07) is 1.86. The first-order chi connectivity index (χ1) is 7.60. The summed E-state index contributed by atoms with van der Waals surface area (Å²) in [4.78, 5) is 11.4. The minimum absolute atomic E-state index is 0.167. The van der Waals surface area contributed by atoms with Crippen LogP contribution in [0.4, 0.5) is 0 Å². The molecule has 0 bridgehead atoms. The van der Waals surface area contributed by atoms with Crippen LogP contribution in [0.5, 0.6) is 0 Å². The van der Waals surface area contributed by atoms with Gasteiger partial charge in [-0.05, 0) is 18.9 Å². The lowest BCUT2D eigenvalue weighted by Gasteiger charge is -2.43. The van der Waals surface area contributed by atoms with Crippen LogP contribution in [-0.2, 0) is 11.8 Å². The zero-order valence-electron chi connectivity index (χ0n) is 9.39. The van der Waals surface area contributed by atoms with Crippen molar-refractivity contribution in [3.8, 4) is 0 Å². The van der Waals surface area contributed by atoms with E-state index in [0.717, 1.165) is 12.1 Å². The van der Waals surface area contributed by atoms with E-state index in [1.54, 1.807) is 4.68 Å². The summed E-state index contributed by atoms with van der Waals surface area (Å²) in [7, 11) is 1.82. The summed E-state index contributed by atoms with van der Waals surface area (Å²) >= 11 is 0. The van der Waals surface area contributed by atoms with Crippen LogP contribution in [0.3, 0.4) is 0 Å². The van der Waals surface area contributed by atoms with Crippen molar-refractivity contribution in [3.05, 3.63) is 18.0 Å². The molecule has 0 aromatic carbocycles. The van der Waals surface area contributed by atoms with Crippen LogP contribution >= 0.6 is 0 Å². The normalized spacial score (nSPS) is 20.1. The van der Waals surface area contributed by atoms with Crippen LogP contribution in [0, 0.1) is 5.41 Å². The molecule has 2 rings (SSSR count). The Morgan fingerprint density at radius 1 is 1.75 bits per heavy atom. The first-order valence-electron chi connectivity index (χ1n) is 5.53. The number of rotatable bonds is 4. The SMILES string of the molecule is Cn1ccc(C(CN)C2(C(=O)O)CCC2)n1. The Kier molecular flexibility index (Phi) is 2.71. The Bertz CT molecular complexity index is 396. The van der Waals surface area contributed by atoms with Crippen molar-refractivity contribution >= 4 is 5.97 Å². The second-order valence-corrected chi connectivity index (χ2v) is 4.52. The highest BCUT2D eigenvalue weighted by Crippen LogP contribution is 2.50. The lowest BCUT2D eigenvalue weighted by Crippen LogP contribution is -2.46. The third-order valence-corrected chi connectivity index (χ3v) is 3.67. The highest BCUT2D eigenvalue weighted by atomic mass is 16.4. The van der Waals surface area contributed by atoms with E-state index in [4.69, 9.17) is 5.73 Å². The smallest absolute Gasteiger partial charge is 0.310 e. The molecule has 1 atom stereocenters. The first-order valence-corrected chi connectivity index (χ1v) is 5.53. The molecule has 1 aromatic rings. The fourth-order valence-corrected chi connectivity index (χ4v) is 2.52. The second-order valence-electron chi connectivity index (χ2n) is 4.52. The van der Waals surface area contributed by atoms with E-state index in [9.17, 15) is 9.90 Å². The van der Waals surface area contributed by atoms with Crippen molar-refractivity contribution in [2.75, 3.05) is 6.54 Å². The first kappa shape index (κ1) is 11.1. The number of hydrogen-bond donors (Lipinski definition) is 2. The van der Waals surface area contributed by atoms with Crippen LogP contribution in [0.15, 0.2) is 12.3 Å². The van der Waals surface area contributed by atoms with Gasteiger partial charge in [-0.1, -0.05) is 6.42 Å². The molecule has 0 saturated heterocycles. The largest absolute Gasteiger partial charge is 0.481 e. The number of carboxylic acids is 1. The van der Waals surface area contributed by atoms with Crippen molar-refractivity contribution in [1.29, 1.82) is 0 Å². The van der Waals surface area contributed by atoms with Crippen LogP contribution in [0.1, 0.15) is 30.9 Å². The number of carbonyl (C=O) groups is 1. The molecule has 0 aliphatic heterocycles. The molecule has 1 aliphatic carbocycles. The molecule has 1 fully saturated rings. The summed E-state index contributed by atoms with van der Waals surface area (Å²) in [6.07, 6.45) is 4.21. The van der Waals surface area contributed by atoms with Crippen molar-refractivity contribution in [2.45, 2.75) is 25.2 Å². The molecule has 5 heteroatoms. The van der Waals surface area contributed by atoms with Crippen molar-refractivity contribution in [1.82, 2.24) is 9.78 Å². The van der Waals surface area contributed by atoms with E-state index in [1.165, 1.54) is 0 Å². The van der Waals surface area contributed by atoms with E-state index in [0.29, 0.717) is 19.4 Å². The molecule has 5 nitrogen and oxygen atoms in total. The molecule has 1 unspecified atom stereocenters. The van der Waals surface area contributed by atoms with Gasteiger partial charge in [-0.3, -0.25) is 9.48 Å². The van der Waals surface area contributed by atoms with Gasteiger partial charge in [-0.15, -0.1) is 0 Å². The minimum Gasteiger partial charge on any atom is -0.481 e. The lowest BCUT2D eigenvalue weighted by atomic mass is 9.60. The number of aliphatic carboxylic acids is 1. The summed E-state index contributed by atoms with van der Waals surface area (Å²) < 4.78 is 1.69. The molecule has 1 heterocycles. The van der Waals surface area contributed by atoms with Gasteiger partial charge in [-0.25, -0.2) is 0 Å². The van der Waals surface area contributed by atoms with Gasteiger partial charge in [0.2, 0.25) is 0 Å². The van der Waals surface area contributed by atoms with Gasteiger partial charge in [0.15, 0.2) is 0 Å². The number of carboxylic acid groups (broad SMARTS) is 1. The molecular formula is C11H17N3O2.